The van der Waals surface area contributed by atoms with Gasteiger partial charge >= 0.3 is 0 Å². The van der Waals surface area contributed by atoms with Crippen molar-refractivity contribution in [2.24, 2.45) is 5.73 Å². The van der Waals surface area contributed by atoms with Crippen molar-refractivity contribution in [3.63, 3.8) is 0 Å². The van der Waals surface area contributed by atoms with Gasteiger partial charge in [-0.2, -0.15) is 0 Å². The molecule has 2 N–H and O–H groups in total. The number of aryl methyl sites for hydroxylation is 1. The molecule has 0 aliphatic rings. The van der Waals surface area contributed by atoms with Crippen LogP contribution in [0.5, 0.6) is 0 Å². The molecule has 0 amide bonds. The average molecular weight is 164 g/mol. The fraction of sp³-hybridized carbons (Fsp3) is 0.500. The Hall–Kier alpha value is -0.890. The summed E-state index contributed by atoms with van der Waals surface area (Å²) in [4.78, 5) is 4.08. The molecule has 2 heteroatoms. The number of hydrogen-bond acceptors (Lipinski definition) is 2. The summed E-state index contributed by atoms with van der Waals surface area (Å²) in [5.41, 5.74) is 8.46. The monoisotopic (exact) mass is 164 g/mol. The molecule has 0 spiro atoms. The Labute approximate surface area is 73.8 Å². The van der Waals surface area contributed by atoms with Gasteiger partial charge < -0.3 is 5.73 Å². The Morgan fingerprint density at radius 2 is 2.25 bits per heavy atom. The van der Waals surface area contributed by atoms with Crippen molar-refractivity contribution in [2.45, 2.75) is 32.7 Å². The second-order valence-electron chi connectivity index (χ2n) is 2.94. The topological polar surface area (TPSA) is 38.9 Å². The zero-order valence-electron chi connectivity index (χ0n) is 7.75. The molecule has 1 heterocycles. The molecule has 66 valence electrons. The lowest BCUT2D eigenvalue weighted by Gasteiger charge is -2.12. The largest absolute Gasteiger partial charge is 0.324 e. The summed E-state index contributed by atoms with van der Waals surface area (Å²) in [6.07, 6.45) is 5.71. The van der Waals surface area contributed by atoms with Crippen LogP contribution >= 0.6 is 0 Å². The van der Waals surface area contributed by atoms with Crippen molar-refractivity contribution < 1.29 is 0 Å². The first kappa shape index (κ1) is 9.20. The molecule has 0 fully saturated rings. The zero-order valence-corrected chi connectivity index (χ0v) is 7.75. The van der Waals surface area contributed by atoms with Gasteiger partial charge in [-0.3, -0.25) is 4.98 Å². The molecular formula is C10H16N2. The first-order valence-corrected chi connectivity index (χ1v) is 4.48. The molecule has 1 unspecified atom stereocenters. The van der Waals surface area contributed by atoms with Crippen molar-refractivity contribution >= 4 is 0 Å². The summed E-state index contributed by atoms with van der Waals surface area (Å²) in [6, 6.07) is 2.19. The van der Waals surface area contributed by atoms with Crippen LogP contribution in [0.2, 0.25) is 0 Å². The third-order valence-corrected chi connectivity index (χ3v) is 2.16. The Morgan fingerprint density at radius 1 is 1.50 bits per heavy atom. The maximum absolute atomic E-state index is 5.94. The Balaban J connectivity index is 2.96. The summed E-state index contributed by atoms with van der Waals surface area (Å²) < 4.78 is 0. The van der Waals surface area contributed by atoms with E-state index in [-0.39, 0.29) is 6.04 Å². The standard InChI is InChI=1S/C10H16N2/c1-3-8-7-12-6-5-9(8)10(11)4-2/h5-7,10H,3-4,11H2,1-2H3. The van der Waals surface area contributed by atoms with Crippen molar-refractivity contribution in [1.29, 1.82) is 0 Å². The zero-order chi connectivity index (χ0) is 8.97. The molecule has 0 saturated heterocycles. The molecule has 0 radical (unpaired) electrons. The van der Waals surface area contributed by atoms with Crippen molar-refractivity contribution in [1.82, 2.24) is 4.98 Å². The Morgan fingerprint density at radius 3 is 2.83 bits per heavy atom. The molecule has 12 heavy (non-hydrogen) atoms. The average Bonchev–Trinajstić information content (AvgIpc) is 2.16. The molecule has 1 atom stereocenters. The van der Waals surface area contributed by atoms with Crippen molar-refractivity contribution in [3.05, 3.63) is 29.6 Å². The lowest BCUT2D eigenvalue weighted by Crippen LogP contribution is -2.11. The molecule has 0 aliphatic carbocycles. The SMILES string of the molecule is CCc1cnccc1C(N)CC. The quantitative estimate of drug-likeness (QED) is 0.742. The van der Waals surface area contributed by atoms with Crippen LogP contribution in [0.4, 0.5) is 0 Å². The molecule has 0 saturated carbocycles. The minimum absolute atomic E-state index is 0.169. The van der Waals surface area contributed by atoms with Gasteiger partial charge in [-0.1, -0.05) is 13.8 Å². The minimum Gasteiger partial charge on any atom is -0.324 e. The van der Waals surface area contributed by atoms with Crippen LogP contribution in [0, 0.1) is 0 Å². The summed E-state index contributed by atoms with van der Waals surface area (Å²) in [6.45, 7) is 4.23. The van der Waals surface area contributed by atoms with E-state index in [9.17, 15) is 0 Å². The minimum atomic E-state index is 0.169. The number of nitrogens with zero attached hydrogens (tertiary/aromatic N) is 1. The van der Waals surface area contributed by atoms with Crippen LogP contribution in [0.3, 0.4) is 0 Å². The van der Waals surface area contributed by atoms with E-state index < -0.39 is 0 Å². The third kappa shape index (κ3) is 1.83. The number of nitrogens with two attached hydrogens (primary N) is 1. The second-order valence-corrected chi connectivity index (χ2v) is 2.94. The van der Waals surface area contributed by atoms with Crippen LogP contribution in [-0.4, -0.2) is 4.98 Å². The lowest BCUT2D eigenvalue weighted by atomic mass is 10.00. The smallest absolute Gasteiger partial charge is 0.0303 e. The fourth-order valence-electron chi connectivity index (χ4n) is 1.31. The number of rotatable bonds is 3. The van der Waals surface area contributed by atoms with E-state index >= 15 is 0 Å². The van der Waals surface area contributed by atoms with E-state index in [0.717, 1.165) is 12.8 Å². The van der Waals surface area contributed by atoms with Crippen LogP contribution < -0.4 is 5.73 Å². The third-order valence-electron chi connectivity index (χ3n) is 2.16. The second kappa shape index (κ2) is 4.21. The Bertz CT molecular complexity index is 245. The molecule has 1 rings (SSSR count). The van der Waals surface area contributed by atoms with E-state index in [0.29, 0.717) is 0 Å². The van der Waals surface area contributed by atoms with Gasteiger partial charge in [-0.15, -0.1) is 0 Å². The van der Waals surface area contributed by atoms with Gasteiger partial charge in [0.15, 0.2) is 0 Å². The Kier molecular flexibility index (Phi) is 3.23. The first-order chi connectivity index (χ1) is 5.79. The highest BCUT2D eigenvalue weighted by atomic mass is 14.7. The molecule has 1 aromatic heterocycles. The lowest BCUT2D eigenvalue weighted by molar-refractivity contribution is 0.688. The van der Waals surface area contributed by atoms with Gasteiger partial charge in [0.1, 0.15) is 0 Å². The molecule has 2 nitrogen and oxygen atoms in total. The highest BCUT2D eigenvalue weighted by Crippen LogP contribution is 2.17. The maximum Gasteiger partial charge on any atom is 0.0303 e. The van der Waals surface area contributed by atoms with Crippen molar-refractivity contribution in [3.8, 4) is 0 Å². The number of hydrogen-bond donors (Lipinski definition) is 1. The fourth-order valence-corrected chi connectivity index (χ4v) is 1.31. The normalized spacial score (nSPS) is 12.9. The van der Waals surface area contributed by atoms with Crippen LogP contribution in [0.25, 0.3) is 0 Å². The molecule has 0 aromatic carbocycles. The summed E-state index contributed by atoms with van der Waals surface area (Å²) >= 11 is 0. The predicted octanol–water partition coefficient (Wildman–Crippen LogP) is 2.05. The first-order valence-electron chi connectivity index (χ1n) is 4.48. The maximum atomic E-state index is 5.94. The molecule has 1 aromatic rings. The van der Waals surface area contributed by atoms with E-state index in [1.807, 2.05) is 18.5 Å². The van der Waals surface area contributed by atoms with Gasteiger partial charge in [0, 0.05) is 18.4 Å². The summed E-state index contributed by atoms with van der Waals surface area (Å²) in [7, 11) is 0. The highest BCUT2D eigenvalue weighted by molar-refractivity contribution is 5.26. The van der Waals surface area contributed by atoms with Gasteiger partial charge in [-0.05, 0) is 30.0 Å². The van der Waals surface area contributed by atoms with Gasteiger partial charge in [-0.25, -0.2) is 0 Å². The van der Waals surface area contributed by atoms with Crippen LogP contribution in [0.15, 0.2) is 18.5 Å². The van der Waals surface area contributed by atoms with Crippen molar-refractivity contribution in [2.75, 3.05) is 0 Å². The summed E-state index contributed by atoms with van der Waals surface area (Å²) in [5, 5.41) is 0. The van der Waals surface area contributed by atoms with Gasteiger partial charge in [0.05, 0.1) is 0 Å². The van der Waals surface area contributed by atoms with Crippen LogP contribution in [-0.2, 0) is 6.42 Å². The molecular weight excluding hydrogens is 148 g/mol. The number of aromatic nitrogens is 1. The van der Waals surface area contributed by atoms with E-state index in [2.05, 4.69) is 18.8 Å². The summed E-state index contributed by atoms with van der Waals surface area (Å²) in [5.74, 6) is 0. The van der Waals surface area contributed by atoms with E-state index in [4.69, 9.17) is 5.73 Å². The van der Waals surface area contributed by atoms with Gasteiger partial charge in [0.2, 0.25) is 0 Å². The molecule has 0 bridgehead atoms. The highest BCUT2D eigenvalue weighted by Gasteiger charge is 2.06. The predicted molar refractivity (Wildman–Crippen MR) is 50.8 cm³/mol. The van der Waals surface area contributed by atoms with Crippen LogP contribution in [0.1, 0.15) is 37.4 Å². The van der Waals surface area contributed by atoms with Gasteiger partial charge in [0.25, 0.3) is 0 Å². The molecule has 0 aliphatic heterocycles. The van der Waals surface area contributed by atoms with E-state index in [1.54, 1.807) is 0 Å². The van der Waals surface area contributed by atoms with E-state index in [1.165, 1.54) is 11.1 Å². The number of pyridine rings is 1.